The number of nitrogens with one attached hydrogen (secondary N) is 1. The maximum Gasteiger partial charge on any atom is 0.216 e. The average molecular weight is 319 g/mol. The van der Waals surface area contributed by atoms with Crippen molar-refractivity contribution < 1.29 is 9.59 Å². The van der Waals surface area contributed by atoms with Gasteiger partial charge in [-0.3, -0.25) is 9.59 Å². The summed E-state index contributed by atoms with van der Waals surface area (Å²) < 4.78 is 1.93. The molecular weight excluding hydrogens is 300 g/mol. The lowest BCUT2D eigenvalue weighted by Gasteiger charge is -2.09. The van der Waals surface area contributed by atoms with E-state index in [9.17, 15) is 9.59 Å². The summed E-state index contributed by atoms with van der Waals surface area (Å²) in [6.45, 7) is 2.90. The third-order valence-electron chi connectivity index (χ3n) is 3.38. The van der Waals surface area contributed by atoms with Crippen molar-refractivity contribution in [2.24, 2.45) is 0 Å². The molecule has 5 heteroatoms. The fraction of sp³-hybridized carbons (Fsp3) is 0.294. The number of aryl methyl sites for hydroxylation is 1. The predicted octanol–water partition coefficient (Wildman–Crippen LogP) is 3.29. The van der Waals surface area contributed by atoms with Crippen molar-refractivity contribution in [1.29, 1.82) is 0 Å². The van der Waals surface area contributed by atoms with E-state index >= 15 is 0 Å². The van der Waals surface area contributed by atoms with E-state index < -0.39 is 0 Å². The van der Waals surface area contributed by atoms with Crippen LogP contribution < -0.4 is 5.32 Å². The Balaban J connectivity index is 1.99. The molecule has 116 valence electrons. The number of ketones is 1. The molecule has 0 bridgehead atoms. The molecule has 0 saturated heterocycles. The Morgan fingerprint density at radius 1 is 1.14 bits per heavy atom. The fourth-order valence-electron chi connectivity index (χ4n) is 2.27. The third kappa shape index (κ3) is 4.21. The molecule has 22 heavy (non-hydrogen) atoms. The van der Waals surface area contributed by atoms with E-state index in [2.05, 4.69) is 5.32 Å². The number of rotatable bonds is 7. The van der Waals surface area contributed by atoms with Gasteiger partial charge in [-0.15, -0.1) is 0 Å². The molecule has 4 nitrogen and oxygen atoms in total. The molecule has 1 amide bonds. The molecule has 1 N–H and O–H groups in total. The van der Waals surface area contributed by atoms with E-state index in [1.165, 1.54) is 6.92 Å². The Hall–Kier alpha value is -2.07. The van der Waals surface area contributed by atoms with Crippen molar-refractivity contribution in [2.45, 2.75) is 26.3 Å². The molecule has 0 aliphatic rings. The highest BCUT2D eigenvalue weighted by Gasteiger charge is 2.15. The first-order valence-corrected chi connectivity index (χ1v) is 7.66. The van der Waals surface area contributed by atoms with Crippen LogP contribution >= 0.6 is 11.6 Å². The Kier molecular flexibility index (Phi) is 5.78. The highest BCUT2D eigenvalue weighted by atomic mass is 35.5. The number of hydrogen-bond acceptors (Lipinski definition) is 2. The monoisotopic (exact) mass is 318 g/mol. The maximum atomic E-state index is 12.6. The van der Waals surface area contributed by atoms with Crippen molar-refractivity contribution in [3.05, 3.63) is 58.9 Å². The summed E-state index contributed by atoms with van der Waals surface area (Å²) in [4.78, 5) is 23.4. The highest BCUT2D eigenvalue weighted by molar-refractivity contribution is 6.34. The van der Waals surface area contributed by atoms with Crippen molar-refractivity contribution >= 4 is 23.3 Å². The zero-order chi connectivity index (χ0) is 15.9. The van der Waals surface area contributed by atoms with E-state index in [-0.39, 0.29) is 11.7 Å². The van der Waals surface area contributed by atoms with Gasteiger partial charge in [-0.25, -0.2) is 0 Å². The number of benzene rings is 1. The van der Waals surface area contributed by atoms with E-state index in [1.54, 1.807) is 30.3 Å². The van der Waals surface area contributed by atoms with Gasteiger partial charge < -0.3 is 9.88 Å². The van der Waals surface area contributed by atoms with Crippen LogP contribution in [0.4, 0.5) is 0 Å². The minimum Gasteiger partial charge on any atom is -0.356 e. The normalized spacial score (nSPS) is 10.5. The first-order valence-electron chi connectivity index (χ1n) is 7.28. The lowest BCUT2D eigenvalue weighted by Crippen LogP contribution is -2.21. The van der Waals surface area contributed by atoms with E-state index in [4.69, 9.17) is 11.6 Å². The number of carbonyl (C=O) groups is 2. The van der Waals surface area contributed by atoms with Gasteiger partial charge in [-0.2, -0.15) is 0 Å². The summed E-state index contributed by atoms with van der Waals surface area (Å²) in [5, 5.41) is 3.23. The summed E-state index contributed by atoms with van der Waals surface area (Å²) in [6.07, 6.45) is 3.65. The molecule has 1 aromatic heterocycles. The van der Waals surface area contributed by atoms with Gasteiger partial charge >= 0.3 is 0 Å². The Morgan fingerprint density at radius 3 is 2.64 bits per heavy atom. The second-order valence-electron chi connectivity index (χ2n) is 5.09. The van der Waals surface area contributed by atoms with Crippen molar-refractivity contribution in [3.8, 4) is 0 Å². The van der Waals surface area contributed by atoms with Crippen LogP contribution in [-0.4, -0.2) is 22.8 Å². The Bertz CT molecular complexity index is 664. The average Bonchev–Trinajstić information content (AvgIpc) is 2.95. The SMILES string of the molecule is CC(=O)NCCCCn1cccc1C(=O)c1ccccc1Cl. The standard InChI is InChI=1S/C17H19ClN2O2/c1-13(21)19-10-4-5-11-20-12-6-9-16(20)17(22)14-7-2-3-8-15(14)18/h2-3,6-9,12H,4-5,10-11H2,1H3,(H,19,21). The number of carbonyl (C=O) groups excluding carboxylic acids is 2. The largest absolute Gasteiger partial charge is 0.356 e. The molecule has 1 aromatic carbocycles. The van der Waals surface area contributed by atoms with Crippen molar-refractivity contribution in [3.63, 3.8) is 0 Å². The summed E-state index contributed by atoms with van der Waals surface area (Å²) in [6, 6.07) is 10.7. The number of halogens is 1. The zero-order valence-corrected chi connectivity index (χ0v) is 13.3. The molecule has 0 fully saturated rings. The topological polar surface area (TPSA) is 51.1 Å². The van der Waals surface area contributed by atoms with Crippen molar-refractivity contribution in [2.75, 3.05) is 6.54 Å². The smallest absolute Gasteiger partial charge is 0.216 e. The van der Waals surface area contributed by atoms with Crippen LogP contribution in [-0.2, 0) is 11.3 Å². The van der Waals surface area contributed by atoms with Crippen LogP contribution in [0.15, 0.2) is 42.6 Å². The molecule has 2 aromatic rings. The van der Waals surface area contributed by atoms with Crippen molar-refractivity contribution in [1.82, 2.24) is 9.88 Å². The van der Waals surface area contributed by atoms with Crippen LogP contribution in [0.5, 0.6) is 0 Å². The first-order chi connectivity index (χ1) is 10.6. The van der Waals surface area contributed by atoms with Gasteiger partial charge in [0.1, 0.15) is 0 Å². The zero-order valence-electron chi connectivity index (χ0n) is 12.5. The number of nitrogens with zero attached hydrogens (tertiary/aromatic N) is 1. The Labute approximate surface area is 135 Å². The molecule has 0 aliphatic carbocycles. The second-order valence-corrected chi connectivity index (χ2v) is 5.49. The van der Waals surface area contributed by atoms with E-state index in [0.29, 0.717) is 22.8 Å². The lowest BCUT2D eigenvalue weighted by atomic mass is 10.1. The number of amides is 1. The number of aromatic nitrogens is 1. The van der Waals surface area contributed by atoms with Crippen LogP contribution in [0.3, 0.4) is 0 Å². The van der Waals surface area contributed by atoms with Crippen LogP contribution in [0, 0.1) is 0 Å². The minimum atomic E-state index is -0.0718. The summed E-state index contributed by atoms with van der Waals surface area (Å²) in [5.74, 6) is -0.0898. The lowest BCUT2D eigenvalue weighted by molar-refractivity contribution is -0.118. The predicted molar refractivity (Wildman–Crippen MR) is 87.2 cm³/mol. The number of hydrogen-bond donors (Lipinski definition) is 1. The van der Waals surface area contributed by atoms with Gasteiger partial charge in [0.15, 0.2) is 0 Å². The third-order valence-corrected chi connectivity index (χ3v) is 3.71. The molecular formula is C17H19ClN2O2. The second kappa shape index (κ2) is 7.80. The maximum absolute atomic E-state index is 12.6. The highest BCUT2D eigenvalue weighted by Crippen LogP contribution is 2.19. The molecule has 1 heterocycles. The van der Waals surface area contributed by atoms with E-state index in [1.807, 2.05) is 16.8 Å². The first kappa shape index (κ1) is 16.3. The summed E-state index contributed by atoms with van der Waals surface area (Å²) in [7, 11) is 0. The molecule has 0 atom stereocenters. The van der Waals surface area contributed by atoms with Crippen LogP contribution in [0.1, 0.15) is 35.8 Å². The Morgan fingerprint density at radius 2 is 1.91 bits per heavy atom. The summed E-state index contributed by atoms with van der Waals surface area (Å²) >= 11 is 6.09. The van der Waals surface area contributed by atoms with Gasteiger partial charge in [-0.1, -0.05) is 23.7 Å². The van der Waals surface area contributed by atoms with Gasteiger partial charge in [0.25, 0.3) is 0 Å². The quantitative estimate of drug-likeness (QED) is 0.629. The molecule has 0 radical (unpaired) electrons. The van der Waals surface area contributed by atoms with Crippen LogP contribution in [0.2, 0.25) is 5.02 Å². The van der Waals surface area contributed by atoms with Gasteiger partial charge in [0.2, 0.25) is 11.7 Å². The molecule has 0 saturated carbocycles. The van der Waals surface area contributed by atoms with Gasteiger partial charge in [0, 0.05) is 31.8 Å². The number of unbranched alkanes of at least 4 members (excludes halogenated alkanes) is 1. The van der Waals surface area contributed by atoms with Gasteiger partial charge in [-0.05, 0) is 37.1 Å². The fourth-order valence-corrected chi connectivity index (χ4v) is 2.49. The minimum absolute atomic E-state index is 0.0180. The van der Waals surface area contributed by atoms with Gasteiger partial charge in [0.05, 0.1) is 10.7 Å². The van der Waals surface area contributed by atoms with Crippen LogP contribution in [0.25, 0.3) is 0 Å². The van der Waals surface area contributed by atoms with E-state index in [0.717, 1.165) is 19.4 Å². The molecule has 0 unspecified atom stereocenters. The molecule has 0 aliphatic heterocycles. The summed E-state index contributed by atoms with van der Waals surface area (Å²) in [5.41, 5.74) is 1.15. The molecule has 2 rings (SSSR count). The molecule has 0 spiro atoms.